The number of aromatic nitrogens is 2. The lowest BCUT2D eigenvalue weighted by molar-refractivity contribution is -0.120. The van der Waals surface area contributed by atoms with E-state index in [0.717, 1.165) is 11.3 Å². The Bertz CT molecular complexity index is 1040. The van der Waals surface area contributed by atoms with Gasteiger partial charge in [0.2, 0.25) is 11.7 Å². The minimum atomic E-state index is -0.434. The molecule has 9 heteroatoms. The van der Waals surface area contributed by atoms with Gasteiger partial charge in [0.1, 0.15) is 0 Å². The number of nitrogens with one attached hydrogen (secondary N) is 2. The lowest BCUT2D eigenvalue weighted by Gasteiger charge is -2.16. The molecule has 0 aliphatic rings. The smallest absolute Gasteiger partial charge is 0.251 e. The second kappa shape index (κ2) is 10.3. The molecule has 0 radical (unpaired) electrons. The Balaban J connectivity index is 1.58. The molecule has 1 atom stereocenters. The lowest BCUT2D eigenvalue weighted by atomic mass is 10.1. The van der Waals surface area contributed by atoms with Crippen LogP contribution < -0.4 is 24.8 Å². The Morgan fingerprint density at radius 3 is 2.22 bits per heavy atom. The molecular weight excluding hydrogens is 412 g/mol. The highest BCUT2D eigenvalue weighted by molar-refractivity contribution is 5.97. The van der Waals surface area contributed by atoms with E-state index in [1.165, 1.54) is 33.5 Å². The first-order chi connectivity index (χ1) is 15.5. The van der Waals surface area contributed by atoms with Crippen LogP contribution in [0.5, 0.6) is 17.2 Å². The number of carbonyl (C=O) groups is 2. The summed E-state index contributed by atoms with van der Waals surface area (Å²) in [5.41, 5.74) is 2.20. The van der Waals surface area contributed by atoms with Crippen molar-refractivity contribution in [2.45, 2.75) is 13.0 Å². The van der Waals surface area contributed by atoms with E-state index in [1.807, 2.05) is 42.0 Å². The van der Waals surface area contributed by atoms with Crippen LogP contribution in [0.15, 0.2) is 55.1 Å². The van der Waals surface area contributed by atoms with Crippen molar-refractivity contribution in [2.75, 3.05) is 27.9 Å². The maximum absolute atomic E-state index is 12.5. The van der Waals surface area contributed by atoms with E-state index in [2.05, 4.69) is 15.6 Å². The molecule has 2 amide bonds. The Kier molecular flexibility index (Phi) is 7.33. The van der Waals surface area contributed by atoms with Gasteiger partial charge < -0.3 is 29.4 Å². The third kappa shape index (κ3) is 5.18. The fourth-order valence-electron chi connectivity index (χ4n) is 3.20. The molecule has 32 heavy (non-hydrogen) atoms. The zero-order chi connectivity index (χ0) is 23.1. The van der Waals surface area contributed by atoms with E-state index < -0.39 is 5.91 Å². The number of amides is 2. The highest BCUT2D eigenvalue weighted by atomic mass is 16.5. The Labute approximate surface area is 186 Å². The summed E-state index contributed by atoms with van der Waals surface area (Å²) < 4.78 is 17.7. The van der Waals surface area contributed by atoms with Gasteiger partial charge in [0.25, 0.3) is 5.91 Å². The van der Waals surface area contributed by atoms with Gasteiger partial charge in [-0.1, -0.05) is 12.1 Å². The Morgan fingerprint density at radius 1 is 1.03 bits per heavy atom. The molecular formula is C23H26N4O5. The van der Waals surface area contributed by atoms with Gasteiger partial charge in [-0.2, -0.15) is 0 Å². The molecule has 0 saturated heterocycles. The van der Waals surface area contributed by atoms with E-state index in [4.69, 9.17) is 14.2 Å². The van der Waals surface area contributed by atoms with Crippen molar-refractivity contribution in [1.29, 1.82) is 0 Å². The van der Waals surface area contributed by atoms with Crippen molar-refractivity contribution in [1.82, 2.24) is 20.2 Å². The normalized spacial score (nSPS) is 11.4. The number of benzene rings is 2. The van der Waals surface area contributed by atoms with Crippen LogP contribution in [0.25, 0.3) is 5.69 Å². The van der Waals surface area contributed by atoms with Gasteiger partial charge in [-0.15, -0.1) is 0 Å². The van der Waals surface area contributed by atoms with Gasteiger partial charge in [-0.3, -0.25) is 9.59 Å². The second-order valence-electron chi connectivity index (χ2n) is 6.95. The number of rotatable bonds is 9. The van der Waals surface area contributed by atoms with Crippen molar-refractivity contribution in [2.24, 2.45) is 0 Å². The lowest BCUT2D eigenvalue weighted by Crippen LogP contribution is -2.38. The molecule has 0 saturated carbocycles. The molecule has 3 rings (SSSR count). The molecule has 0 fully saturated rings. The third-order valence-electron chi connectivity index (χ3n) is 4.91. The Morgan fingerprint density at radius 2 is 1.69 bits per heavy atom. The monoisotopic (exact) mass is 438 g/mol. The maximum Gasteiger partial charge on any atom is 0.251 e. The van der Waals surface area contributed by atoms with Gasteiger partial charge in [0.15, 0.2) is 11.5 Å². The molecule has 0 spiro atoms. The van der Waals surface area contributed by atoms with Crippen molar-refractivity contribution in [3.8, 4) is 22.9 Å². The number of nitrogens with zero attached hydrogens (tertiary/aromatic N) is 2. The highest BCUT2D eigenvalue weighted by Crippen LogP contribution is 2.38. The summed E-state index contributed by atoms with van der Waals surface area (Å²) in [5, 5.41) is 5.49. The van der Waals surface area contributed by atoms with Crippen LogP contribution in [-0.4, -0.2) is 49.2 Å². The largest absolute Gasteiger partial charge is 0.493 e. The number of imidazole rings is 1. The standard InChI is InChI=1S/C23H26N4O5/c1-15(16-5-7-18(8-6-16)27-10-9-24-14-27)26-21(28)13-25-23(29)17-11-19(30-2)22(32-4)20(12-17)31-3/h5-12,14-15H,13H2,1-4H3,(H,25,29)(H,26,28)/t15-/m0/s1. The number of hydrogen-bond donors (Lipinski definition) is 2. The molecule has 0 aliphatic carbocycles. The summed E-state index contributed by atoms with van der Waals surface area (Å²) in [6.07, 6.45) is 5.29. The van der Waals surface area contributed by atoms with Gasteiger partial charge in [-0.05, 0) is 36.8 Å². The number of carbonyl (C=O) groups excluding carboxylic acids is 2. The summed E-state index contributed by atoms with van der Waals surface area (Å²) in [6, 6.07) is 10.6. The minimum Gasteiger partial charge on any atom is -0.493 e. The first kappa shape index (κ1) is 22.7. The molecule has 0 unspecified atom stereocenters. The summed E-state index contributed by atoms with van der Waals surface area (Å²) in [7, 11) is 4.42. The van der Waals surface area contributed by atoms with E-state index in [1.54, 1.807) is 12.5 Å². The maximum atomic E-state index is 12.5. The van der Waals surface area contributed by atoms with Crippen molar-refractivity contribution in [3.63, 3.8) is 0 Å². The fourth-order valence-corrected chi connectivity index (χ4v) is 3.20. The quantitative estimate of drug-likeness (QED) is 0.532. The third-order valence-corrected chi connectivity index (χ3v) is 4.91. The first-order valence-electron chi connectivity index (χ1n) is 9.92. The molecule has 0 aliphatic heterocycles. The van der Waals surface area contributed by atoms with Gasteiger partial charge >= 0.3 is 0 Å². The molecule has 1 heterocycles. The van der Waals surface area contributed by atoms with Crippen molar-refractivity contribution < 1.29 is 23.8 Å². The predicted molar refractivity (Wildman–Crippen MR) is 119 cm³/mol. The van der Waals surface area contributed by atoms with Crippen LogP contribution in [0.1, 0.15) is 28.9 Å². The number of ether oxygens (including phenoxy) is 3. The Hall–Kier alpha value is -4.01. The van der Waals surface area contributed by atoms with E-state index >= 15 is 0 Å². The van der Waals surface area contributed by atoms with Crippen molar-refractivity contribution >= 4 is 11.8 Å². The first-order valence-corrected chi connectivity index (χ1v) is 9.92. The molecule has 2 N–H and O–H groups in total. The molecule has 168 valence electrons. The summed E-state index contributed by atoms with van der Waals surface area (Å²) in [6.45, 7) is 1.71. The fraction of sp³-hybridized carbons (Fsp3) is 0.261. The van der Waals surface area contributed by atoms with Crippen LogP contribution in [-0.2, 0) is 4.79 Å². The van der Waals surface area contributed by atoms with Crippen LogP contribution in [0.3, 0.4) is 0 Å². The van der Waals surface area contributed by atoms with E-state index in [0.29, 0.717) is 17.2 Å². The molecule has 3 aromatic rings. The van der Waals surface area contributed by atoms with E-state index in [9.17, 15) is 9.59 Å². The van der Waals surface area contributed by atoms with Crippen LogP contribution >= 0.6 is 0 Å². The zero-order valence-corrected chi connectivity index (χ0v) is 18.4. The van der Waals surface area contributed by atoms with Crippen LogP contribution in [0.2, 0.25) is 0 Å². The molecule has 2 aromatic carbocycles. The molecule has 1 aromatic heterocycles. The van der Waals surface area contributed by atoms with Crippen molar-refractivity contribution in [3.05, 3.63) is 66.2 Å². The number of hydrogen-bond acceptors (Lipinski definition) is 6. The van der Waals surface area contributed by atoms with E-state index in [-0.39, 0.29) is 24.1 Å². The van der Waals surface area contributed by atoms with Crippen LogP contribution in [0, 0.1) is 0 Å². The average Bonchev–Trinajstić information content (AvgIpc) is 3.36. The summed E-state index contributed by atoms with van der Waals surface area (Å²) >= 11 is 0. The average molecular weight is 438 g/mol. The summed E-state index contributed by atoms with van der Waals surface area (Å²) in [4.78, 5) is 28.9. The number of methoxy groups -OCH3 is 3. The second-order valence-corrected chi connectivity index (χ2v) is 6.95. The summed E-state index contributed by atoms with van der Waals surface area (Å²) in [5.74, 6) is 0.356. The minimum absolute atomic E-state index is 0.174. The van der Waals surface area contributed by atoms with Crippen LogP contribution in [0.4, 0.5) is 0 Å². The highest BCUT2D eigenvalue weighted by Gasteiger charge is 2.18. The van der Waals surface area contributed by atoms with Gasteiger partial charge in [0, 0.05) is 23.6 Å². The molecule has 9 nitrogen and oxygen atoms in total. The molecule has 0 bridgehead atoms. The zero-order valence-electron chi connectivity index (χ0n) is 18.4. The predicted octanol–water partition coefficient (Wildman–Crippen LogP) is 2.51. The topological polar surface area (TPSA) is 104 Å². The van der Waals surface area contributed by atoms with Gasteiger partial charge in [0.05, 0.1) is 40.2 Å². The van der Waals surface area contributed by atoms with Gasteiger partial charge in [-0.25, -0.2) is 4.98 Å². The SMILES string of the molecule is COc1cc(C(=O)NCC(=O)N[C@@H](C)c2ccc(-n3ccnc3)cc2)cc(OC)c1OC.